The highest BCUT2D eigenvalue weighted by molar-refractivity contribution is 5.89. The number of carbonyl (C=O) groups excluding carboxylic acids is 1. The minimum absolute atomic E-state index is 0.273. The molecule has 1 atom stereocenters. The van der Waals surface area contributed by atoms with Crippen LogP contribution in [0.3, 0.4) is 0 Å². The molecule has 0 aliphatic carbocycles. The van der Waals surface area contributed by atoms with Crippen LogP contribution in [0.5, 0.6) is 0 Å². The summed E-state index contributed by atoms with van der Waals surface area (Å²) < 4.78 is 0. The van der Waals surface area contributed by atoms with Gasteiger partial charge in [0.2, 0.25) is 5.95 Å². The van der Waals surface area contributed by atoms with Crippen molar-refractivity contribution in [2.45, 2.75) is 20.1 Å². The maximum absolute atomic E-state index is 11.4. The van der Waals surface area contributed by atoms with Crippen LogP contribution in [0.4, 0.5) is 22.1 Å². The third-order valence-corrected chi connectivity index (χ3v) is 4.22. The third-order valence-electron chi connectivity index (χ3n) is 4.22. The zero-order valence-corrected chi connectivity index (χ0v) is 16.7. The highest BCUT2D eigenvalue weighted by Crippen LogP contribution is 2.27. The number of amides is 2. The van der Waals surface area contributed by atoms with E-state index in [-0.39, 0.29) is 12.3 Å². The first kappa shape index (κ1) is 19.9. The molecule has 29 heavy (non-hydrogen) atoms. The van der Waals surface area contributed by atoms with Crippen LogP contribution >= 0.6 is 0 Å². The van der Waals surface area contributed by atoms with Crippen molar-refractivity contribution in [3.63, 3.8) is 0 Å². The molecule has 0 saturated carbocycles. The minimum atomic E-state index is -0.366. The largest absolute Gasteiger partial charge is 0.348 e. The van der Waals surface area contributed by atoms with Crippen molar-refractivity contribution in [2.24, 2.45) is 0 Å². The second-order valence-electron chi connectivity index (χ2n) is 6.28. The fourth-order valence-electron chi connectivity index (χ4n) is 2.96. The Morgan fingerprint density at radius 3 is 2.24 bits per heavy atom. The Labute approximate surface area is 169 Å². The van der Waals surface area contributed by atoms with E-state index < -0.39 is 0 Å². The number of hydrogen-bond acceptors (Lipinski definition) is 7. The Hall–Kier alpha value is -3.88. The second-order valence-corrected chi connectivity index (χ2v) is 6.28. The molecule has 9 nitrogen and oxygen atoms in total. The van der Waals surface area contributed by atoms with Crippen LogP contribution in [0, 0.1) is 13.8 Å². The number of hydrogen-bond donors (Lipinski definition) is 4. The average Bonchev–Trinajstić information content (AvgIpc) is 3.05. The number of aryl methyl sites for hydroxylation is 2. The van der Waals surface area contributed by atoms with Gasteiger partial charge in [-0.25, -0.2) is 9.78 Å². The second kappa shape index (κ2) is 8.42. The van der Waals surface area contributed by atoms with Crippen LogP contribution in [0.2, 0.25) is 0 Å². The predicted octanol–water partition coefficient (Wildman–Crippen LogP) is 2.63. The molecule has 0 radical (unpaired) electrons. The lowest BCUT2D eigenvalue weighted by Gasteiger charge is -2.27. The molecule has 9 heteroatoms. The molecule has 0 saturated heterocycles. The molecule has 2 aromatic rings. The van der Waals surface area contributed by atoms with Crippen LogP contribution in [0.25, 0.3) is 0 Å². The number of carbonyl (C=O) groups is 1. The molecule has 2 heterocycles. The summed E-state index contributed by atoms with van der Waals surface area (Å²) in [5.74, 6) is 1.77. The molecular weight excluding hydrogens is 368 g/mol. The van der Waals surface area contributed by atoms with Crippen LogP contribution < -0.4 is 26.2 Å². The summed E-state index contributed by atoms with van der Waals surface area (Å²) in [6.07, 6.45) is 3.09. The van der Waals surface area contributed by atoms with Crippen molar-refractivity contribution in [2.75, 3.05) is 22.6 Å². The van der Waals surface area contributed by atoms with E-state index in [1.165, 1.54) is 0 Å². The van der Waals surface area contributed by atoms with Gasteiger partial charge in [-0.1, -0.05) is 13.2 Å². The Morgan fingerprint density at radius 2 is 1.69 bits per heavy atom. The topological polar surface area (TPSA) is 107 Å². The summed E-state index contributed by atoms with van der Waals surface area (Å²) in [6.45, 7) is 11.4. The summed E-state index contributed by atoms with van der Waals surface area (Å²) >= 11 is 0. The number of benzene rings is 1. The quantitative estimate of drug-likeness (QED) is 0.599. The van der Waals surface area contributed by atoms with Gasteiger partial charge in [0.15, 0.2) is 6.29 Å². The summed E-state index contributed by atoms with van der Waals surface area (Å²) in [5.41, 5.74) is 3.14. The fraction of sp³-hybridized carbons (Fsp3) is 0.200. The van der Waals surface area contributed by atoms with Crippen molar-refractivity contribution >= 4 is 23.4 Å². The highest BCUT2D eigenvalue weighted by Gasteiger charge is 2.32. The standard InChI is InChI=1S/C20H24N8O/c1-6-16-17(7-2)28(18-23-12(3)22-13(4)24-18)19(27-16)25-14-8-10-15(11-9-14)26-20(29)21-5/h6-11,19,25,27H,1-2H2,3-5H3,(H2,21,26,29). The van der Waals surface area contributed by atoms with E-state index in [1.54, 1.807) is 19.2 Å². The molecule has 0 bridgehead atoms. The molecule has 1 aliphatic rings. The van der Waals surface area contributed by atoms with E-state index in [9.17, 15) is 4.79 Å². The number of nitrogens with zero attached hydrogens (tertiary/aromatic N) is 4. The van der Waals surface area contributed by atoms with E-state index in [0.29, 0.717) is 23.3 Å². The molecule has 1 unspecified atom stereocenters. The van der Waals surface area contributed by atoms with Gasteiger partial charge in [-0.05, 0) is 50.3 Å². The van der Waals surface area contributed by atoms with Crippen molar-refractivity contribution in [3.05, 3.63) is 72.6 Å². The number of aromatic nitrogens is 3. The lowest BCUT2D eigenvalue weighted by atomic mass is 10.3. The highest BCUT2D eigenvalue weighted by atomic mass is 16.2. The van der Waals surface area contributed by atoms with E-state index in [4.69, 9.17) is 0 Å². The Kier molecular flexibility index (Phi) is 5.77. The summed E-state index contributed by atoms with van der Waals surface area (Å²) in [7, 11) is 1.57. The Bertz CT molecular complexity index is 947. The zero-order chi connectivity index (χ0) is 21.0. The molecule has 1 aliphatic heterocycles. The third kappa shape index (κ3) is 4.34. The first-order valence-electron chi connectivity index (χ1n) is 9.04. The molecule has 150 valence electrons. The van der Waals surface area contributed by atoms with Gasteiger partial charge in [-0.2, -0.15) is 9.97 Å². The van der Waals surface area contributed by atoms with E-state index in [2.05, 4.69) is 49.4 Å². The van der Waals surface area contributed by atoms with Gasteiger partial charge in [-0.15, -0.1) is 0 Å². The molecule has 3 rings (SSSR count). The lowest BCUT2D eigenvalue weighted by molar-refractivity contribution is 0.254. The SMILES string of the molecule is C=CC1=C(C=C)N(c2nc(C)nc(C)n2)C(Nc2ccc(NC(=O)NC)cc2)N1. The fourth-order valence-corrected chi connectivity index (χ4v) is 2.96. The van der Waals surface area contributed by atoms with Crippen LogP contribution in [-0.4, -0.2) is 34.3 Å². The van der Waals surface area contributed by atoms with Crippen LogP contribution in [-0.2, 0) is 0 Å². The number of allylic oxidation sites excluding steroid dienone is 2. The summed E-state index contributed by atoms with van der Waals surface area (Å²) in [6, 6.07) is 7.09. The van der Waals surface area contributed by atoms with E-state index in [1.807, 2.05) is 43.0 Å². The van der Waals surface area contributed by atoms with Crippen molar-refractivity contribution < 1.29 is 4.79 Å². The van der Waals surface area contributed by atoms with E-state index >= 15 is 0 Å². The van der Waals surface area contributed by atoms with Crippen molar-refractivity contribution in [3.8, 4) is 0 Å². The molecule has 0 spiro atoms. The first-order valence-corrected chi connectivity index (χ1v) is 9.04. The maximum Gasteiger partial charge on any atom is 0.318 e. The van der Waals surface area contributed by atoms with Gasteiger partial charge in [-0.3, -0.25) is 4.90 Å². The normalized spacial score (nSPS) is 15.6. The van der Waals surface area contributed by atoms with Crippen molar-refractivity contribution in [1.29, 1.82) is 0 Å². The number of urea groups is 1. The van der Waals surface area contributed by atoms with Gasteiger partial charge < -0.3 is 21.3 Å². The van der Waals surface area contributed by atoms with Gasteiger partial charge >= 0.3 is 6.03 Å². The number of nitrogens with one attached hydrogen (secondary N) is 4. The average molecular weight is 392 g/mol. The maximum atomic E-state index is 11.4. The van der Waals surface area contributed by atoms with Crippen LogP contribution in [0.15, 0.2) is 61.0 Å². The minimum Gasteiger partial charge on any atom is -0.348 e. The molecule has 0 fully saturated rings. The molecule has 1 aromatic heterocycles. The monoisotopic (exact) mass is 392 g/mol. The first-order chi connectivity index (χ1) is 13.9. The Balaban J connectivity index is 1.88. The van der Waals surface area contributed by atoms with E-state index in [0.717, 1.165) is 17.1 Å². The van der Waals surface area contributed by atoms with Gasteiger partial charge in [0.25, 0.3) is 0 Å². The molecule has 4 N–H and O–H groups in total. The summed E-state index contributed by atoms with van der Waals surface area (Å²) in [5, 5.41) is 12.0. The molecular formula is C20H24N8O. The number of anilines is 3. The number of rotatable bonds is 6. The van der Waals surface area contributed by atoms with Gasteiger partial charge in [0, 0.05) is 18.4 Å². The smallest absolute Gasteiger partial charge is 0.318 e. The predicted molar refractivity (Wildman–Crippen MR) is 114 cm³/mol. The van der Waals surface area contributed by atoms with Gasteiger partial charge in [0.1, 0.15) is 11.6 Å². The molecule has 1 aromatic carbocycles. The summed E-state index contributed by atoms with van der Waals surface area (Å²) in [4.78, 5) is 26.6. The van der Waals surface area contributed by atoms with Crippen LogP contribution in [0.1, 0.15) is 11.6 Å². The zero-order valence-electron chi connectivity index (χ0n) is 16.7. The Morgan fingerprint density at radius 1 is 1.07 bits per heavy atom. The lowest BCUT2D eigenvalue weighted by Crippen LogP contribution is -2.44. The van der Waals surface area contributed by atoms with Gasteiger partial charge in [0.05, 0.1) is 11.4 Å². The van der Waals surface area contributed by atoms with Crippen molar-refractivity contribution in [1.82, 2.24) is 25.6 Å². The molecule has 2 amide bonds.